The summed E-state index contributed by atoms with van der Waals surface area (Å²) in [7, 11) is 1.49. The van der Waals surface area contributed by atoms with Crippen LogP contribution in [-0.4, -0.2) is 32.7 Å². The van der Waals surface area contributed by atoms with Gasteiger partial charge in [-0.25, -0.2) is 8.78 Å². The maximum Gasteiger partial charge on any atom is 0.260 e. The largest absolute Gasteiger partial charge is 0.384 e. The predicted molar refractivity (Wildman–Crippen MR) is 52.1 cm³/mol. The van der Waals surface area contributed by atoms with E-state index in [1.807, 2.05) is 0 Å². The third kappa shape index (κ3) is 1.44. The molecule has 0 amide bonds. The van der Waals surface area contributed by atoms with Crippen molar-refractivity contribution >= 4 is 12.4 Å². The van der Waals surface area contributed by atoms with E-state index in [1.54, 1.807) is 0 Å². The van der Waals surface area contributed by atoms with Gasteiger partial charge in [0.2, 0.25) is 0 Å². The Balaban J connectivity index is 0.000000980. The van der Waals surface area contributed by atoms with Gasteiger partial charge in [0.25, 0.3) is 5.92 Å². The lowest BCUT2D eigenvalue weighted by Crippen LogP contribution is -2.32. The SMILES string of the molecule is COCC1C(F)(F)C12CCNCC2.Cl. The van der Waals surface area contributed by atoms with Crippen molar-refractivity contribution in [3.8, 4) is 0 Å². The van der Waals surface area contributed by atoms with Crippen molar-refractivity contribution in [2.75, 3.05) is 26.8 Å². The van der Waals surface area contributed by atoms with Crippen molar-refractivity contribution in [1.29, 1.82) is 0 Å². The van der Waals surface area contributed by atoms with Crippen LogP contribution in [0.25, 0.3) is 0 Å². The summed E-state index contributed by atoms with van der Waals surface area (Å²) in [4.78, 5) is 0. The van der Waals surface area contributed by atoms with E-state index >= 15 is 0 Å². The molecule has 0 aromatic carbocycles. The molecule has 5 heteroatoms. The van der Waals surface area contributed by atoms with E-state index in [0.29, 0.717) is 12.8 Å². The quantitative estimate of drug-likeness (QED) is 0.775. The van der Waals surface area contributed by atoms with Gasteiger partial charge >= 0.3 is 0 Å². The van der Waals surface area contributed by atoms with Gasteiger partial charge in [0.1, 0.15) is 0 Å². The fourth-order valence-corrected chi connectivity index (χ4v) is 2.58. The first kappa shape index (κ1) is 12.1. The van der Waals surface area contributed by atoms with Gasteiger partial charge in [-0.05, 0) is 25.9 Å². The zero-order chi connectivity index (χ0) is 9.53. The van der Waals surface area contributed by atoms with Crippen molar-refractivity contribution in [2.24, 2.45) is 11.3 Å². The summed E-state index contributed by atoms with van der Waals surface area (Å²) in [5.41, 5.74) is -0.728. The standard InChI is InChI=1S/C9H15F2NO.ClH/c1-13-6-7-8(9(7,10)11)2-4-12-5-3-8;/h7,12H,2-6H2,1H3;1H. The van der Waals surface area contributed by atoms with Crippen molar-refractivity contribution in [3.05, 3.63) is 0 Å². The summed E-state index contributed by atoms with van der Waals surface area (Å²) in [6.07, 6.45) is 1.18. The molecule has 84 valence electrons. The number of rotatable bonds is 2. The van der Waals surface area contributed by atoms with Crippen molar-refractivity contribution in [3.63, 3.8) is 0 Å². The van der Waals surface area contributed by atoms with E-state index in [9.17, 15) is 8.78 Å². The van der Waals surface area contributed by atoms with Crippen LogP contribution in [0.3, 0.4) is 0 Å². The van der Waals surface area contributed by atoms with E-state index in [1.165, 1.54) is 7.11 Å². The van der Waals surface area contributed by atoms with Crippen LogP contribution >= 0.6 is 12.4 Å². The van der Waals surface area contributed by atoms with E-state index < -0.39 is 17.3 Å². The Bertz CT molecular complexity index is 207. The lowest BCUT2D eigenvalue weighted by atomic mass is 9.91. The van der Waals surface area contributed by atoms with Gasteiger partial charge < -0.3 is 10.1 Å². The molecular formula is C9H16ClF2NO. The maximum absolute atomic E-state index is 13.4. The molecule has 1 aliphatic carbocycles. The molecule has 2 nitrogen and oxygen atoms in total. The van der Waals surface area contributed by atoms with Gasteiger partial charge in [-0.2, -0.15) is 0 Å². The number of methoxy groups -OCH3 is 1. The van der Waals surface area contributed by atoms with Crippen LogP contribution in [0.1, 0.15) is 12.8 Å². The van der Waals surface area contributed by atoms with Gasteiger partial charge in [0, 0.05) is 12.5 Å². The molecule has 0 bridgehead atoms. The van der Waals surface area contributed by atoms with Crippen LogP contribution in [0, 0.1) is 11.3 Å². The third-order valence-corrected chi connectivity index (χ3v) is 3.51. The number of piperidine rings is 1. The molecule has 1 heterocycles. The Morgan fingerprint density at radius 1 is 1.36 bits per heavy atom. The highest BCUT2D eigenvalue weighted by Crippen LogP contribution is 2.70. The Hall–Kier alpha value is 0.0700. The van der Waals surface area contributed by atoms with Crippen LogP contribution in [-0.2, 0) is 4.74 Å². The molecule has 0 aromatic rings. The minimum absolute atomic E-state index is 0. The van der Waals surface area contributed by atoms with Gasteiger partial charge in [0.05, 0.1) is 12.5 Å². The Kier molecular flexibility index (Phi) is 3.39. The second-order valence-corrected chi connectivity index (χ2v) is 4.04. The van der Waals surface area contributed by atoms with E-state index in [2.05, 4.69) is 5.32 Å². The Labute approximate surface area is 88.8 Å². The summed E-state index contributed by atoms with van der Waals surface area (Å²) in [6, 6.07) is 0. The van der Waals surface area contributed by atoms with E-state index in [4.69, 9.17) is 4.74 Å². The van der Waals surface area contributed by atoms with E-state index in [0.717, 1.165) is 13.1 Å². The smallest absolute Gasteiger partial charge is 0.260 e. The number of hydrogen-bond acceptors (Lipinski definition) is 2. The number of ether oxygens (including phenoxy) is 1. The first-order chi connectivity index (χ1) is 6.15. The minimum atomic E-state index is -2.48. The summed E-state index contributed by atoms with van der Waals surface area (Å²) in [5, 5.41) is 3.11. The summed E-state index contributed by atoms with van der Waals surface area (Å²) in [5.74, 6) is -3.02. The number of hydrogen-bond donors (Lipinski definition) is 1. The monoisotopic (exact) mass is 227 g/mol. The highest BCUT2D eigenvalue weighted by molar-refractivity contribution is 5.85. The van der Waals surface area contributed by atoms with Crippen LogP contribution in [0.15, 0.2) is 0 Å². The normalized spacial score (nSPS) is 32.4. The molecule has 0 aromatic heterocycles. The average Bonchev–Trinajstić information content (AvgIpc) is 2.54. The molecule has 1 aliphatic heterocycles. The van der Waals surface area contributed by atoms with Gasteiger partial charge in [-0.1, -0.05) is 0 Å². The second-order valence-electron chi connectivity index (χ2n) is 4.04. The van der Waals surface area contributed by atoms with Gasteiger partial charge in [-0.15, -0.1) is 12.4 Å². The van der Waals surface area contributed by atoms with Crippen LogP contribution in [0.4, 0.5) is 8.78 Å². The first-order valence-electron chi connectivity index (χ1n) is 4.72. The third-order valence-electron chi connectivity index (χ3n) is 3.51. The fourth-order valence-electron chi connectivity index (χ4n) is 2.58. The highest BCUT2D eigenvalue weighted by Gasteiger charge is 2.79. The molecular weight excluding hydrogens is 212 g/mol. The molecule has 2 aliphatic rings. The molecule has 14 heavy (non-hydrogen) atoms. The Morgan fingerprint density at radius 2 is 1.93 bits per heavy atom. The predicted octanol–water partition coefficient (Wildman–Crippen LogP) is 1.69. The first-order valence-corrected chi connectivity index (χ1v) is 4.72. The zero-order valence-corrected chi connectivity index (χ0v) is 9.00. The summed E-state index contributed by atoms with van der Waals surface area (Å²) >= 11 is 0. The van der Waals surface area contributed by atoms with Crippen molar-refractivity contribution < 1.29 is 13.5 Å². The average molecular weight is 228 g/mol. The molecule has 0 radical (unpaired) electrons. The van der Waals surface area contributed by atoms with Crippen LogP contribution in [0.5, 0.6) is 0 Å². The van der Waals surface area contributed by atoms with Crippen LogP contribution in [0.2, 0.25) is 0 Å². The lowest BCUT2D eigenvalue weighted by molar-refractivity contribution is 0.0399. The fraction of sp³-hybridized carbons (Fsp3) is 1.00. The maximum atomic E-state index is 13.4. The number of halogens is 3. The topological polar surface area (TPSA) is 21.3 Å². The lowest BCUT2D eigenvalue weighted by Gasteiger charge is -2.22. The molecule has 1 saturated heterocycles. The van der Waals surface area contributed by atoms with Crippen molar-refractivity contribution in [2.45, 2.75) is 18.8 Å². The Morgan fingerprint density at radius 3 is 2.43 bits per heavy atom. The molecule has 1 atom stereocenters. The van der Waals surface area contributed by atoms with E-state index in [-0.39, 0.29) is 19.0 Å². The summed E-state index contributed by atoms with van der Waals surface area (Å²) in [6.45, 7) is 1.64. The number of alkyl halides is 2. The highest BCUT2D eigenvalue weighted by atomic mass is 35.5. The van der Waals surface area contributed by atoms with Gasteiger partial charge in [-0.3, -0.25) is 0 Å². The molecule has 2 fully saturated rings. The van der Waals surface area contributed by atoms with Crippen LogP contribution < -0.4 is 5.32 Å². The molecule has 1 N–H and O–H groups in total. The molecule has 1 saturated carbocycles. The minimum Gasteiger partial charge on any atom is -0.384 e. The zero-order valence-electron chi connectivity index (χ0n) is 8.19. The molecule has 2 rings (SSSR count). The molecule has 1 unspecified atom stereocenters. The second kappa shape index (κ2) is 3.91. The molecule has 1 spiro atoms. The van der Waals surface area contributed by atoms with Crippen molar-refractivity contribution in [1.82, 2.24) is 5.32 Å². The summed E-state index contributed by atoms with van der Waals surface area (Å²) < 4.78 is 31.7. The van der Waals surface area contributed by atoms with Gasteiger partial charge in [0.15, 0.2) is 0 Å². The number of nitrogens with one attached hydrogen (secondary N) is 1.